The second kappa shape index (κ2) is 6.34. The van der Waals surface area contributed by atoms with Crippen LogP contribution in [0.5, 0.6) is 0 Å². The number of nitrogens with one attached hydrogen (secondary N) is 1. The van der Waals surface area contributed by atoms with E-state index < -0.39 is 10.8 Å². The predicted octanol–water partition coefficient (Wildman–Crippen LogP) is 2.07. The third kappa shape index (κ3) is 3.82. The molecule has 0 unspecified atom stereocenters. The van der Waals surface area contributed by atoms with E-state index in [9.17, 15) is 4.21 Å². The van der Waals surface area contributed by atoms with Gasteiger partial charge < -0.3 is 10.2 Å². The van der Waals surface area contributed by atoms with Crippen molar-refractivity contribution in [2.45, 2.75) is 25.4 Å². The van der Waals surface area contributed by atoms with Crippen molar-refractivity contribution in [3.05, 3.63) is 29.8 Å². The van der Waals surface area contributed by atoms with Crippen LogP contribution >= 0.6 is 0 Å². The van der Waals surface area contributed by atoms with Crippen LogP contribution in [-0.4, -0.2) is 40.8 Å². The van der Waals surface area contributed by atoms with Crippen LogP contribution in [-0.2, 0) is 17.3 Å². The minimum atomic E-state index is -0.582. The molecule has 1 aliphatic rings. The summed E-state index contributed by atoms with van der Waals surface area (Å²) < 4.78 is 11.4. The van der Waals surface area contributed by atoms with Crippen LogP contribution in [0.15, 0.2) is 24.3 Å². The number of benzene rings is 1. The summed E-state index contributed by atoms with van der Waals surface area (Å²) in [5.74, 6) is 1.68. The Balaban J connectivity index is 2.02. The molecule has 0 amide bonds. The van der Waals surface area contributed by atoms with Crippen LogP contribution in [0.1, 0.15) is 18.4 Å². The smallest absolute Gasteiger partial charge is 0.0388 e. The predicted molar refractivity (Wildman–Crippen MR) is 78.4 cm³/mol. The molecule has 0 radical (unpaired) electrons. The lowest BCUT2D eigenvalue weighted by molar-refractivity contribution is 0.403. The highest BCUT2D eigenvalue weighted by molar-refractivity contribution is 7.85. The molecule has 0 atom stereocenters. The molecular formula is C14H22N2OS. The monoisotopic (exact) mass is 266 g/mol. The first-order valence-corrected chi connectivity index (χ1v) is 7.98. The molecule has 2 rings (SSSR count). The van der Waals surface area contributed by atoms with E-state index in [0.717, 1.165) is 30.9 Å². The maximum absolute atomic E-state index is 11.4. The van der Waals surface area contributed by atoms with Crippen LogP contribution in [0, 0.1) is 0 Å². The highest BCUT2D eigenvalue weighted by atomic mass is 32.2. The molecule has 1 saturated heterocycles. The summed E-state index contributed by atoms with van der Waals surface area (Å²) in [5, 5.41) is 3.61. The second-order valence-corrected chi connectivity index (χ2v) is 6.86. The van der Waals surface area contributed by atoms with E-state index in [2.05, 4.69) is 48.6 Å². The van der Waals surface area contributed by atoms with Gasteiger partial charge >= 0.3 is 0 Å². The summed E-state index contributed by atoms with van der Waals surface area (Å²) in [4.78, 5) is 2.18. The minimum absolute atomic E-state index is 0.478. The third-order valence-corrected chi connectivity index (χ3v) is 4.63. The zero-order valence-electron chi connectivity index (χ0n) is 11.2. The lowest BCUT2D eigenvalue weighted by Crippen LogP contribution is -2.30. The van der Waals surface area contributed by atoms with E-state index in [1.807, 2.05) is 0 Å². The van der Waals surface area contributed by atoms with Gasteiger partial charge in [0.1, 0.15) is 0 Å². The summed E-state index contributed by atoms with van der Waals surface area (Å²) in [6, 6.07) is 8.95. The Bertz CT molecular complexity index is 410. The largest absolute Gasteiger partial charge is 0.382 e. The van der Waals surface area contributed by atoms with Gasteiger partial charge in [-0.15, -0.1) is 0 Å². The van der Waals surface area contributed by atoms with E-state index in [1.165, 1.54) is 11.3 Å². The molecule has 4 heteroatoms. The maximum atomic E-state index is 11.4. The topological polar surface area (TPSA) is 32.3 Å². The molecule has 18 heavy (non-hydrogen) atoms. The normalized spacial score (nSPS) is 24.2. The van der Waals surface area contributed by atoms with Crippen LogP contribution < -0.4 is 5.32 Å². The molecule has 1 aromatic carbocycles. The number of hydrogen-bond acceptors (Lipinski definition) is 3. The van der Waals surface area contributed by atoms with Gasteiger partial charge in [0.05, 0.1) is 0 Å². The minimum Gasteiger partial charge on any atom is -0.382 e. The van der Waals surface area contributed by atoms with Crippen molar-refractivity contribution >= 4 is 16.5 Å². The Hall–Kier alpha value is -0.870. The van der Waals surface area contributed by atoms with Gasteiger partial charge in [-0.1, -0.05) is 18.2 Å². The molecule has 1 fully saturated rings. The van der Waals surface area contributed by atoms with Crippen molar-refractivity contribution in [2.24, 2.45) is 0 Å². The molecule has 1 aliphatic heterocycles. The maximum Gasteiger partial charge on any atom is 0.0388 e. The quantitative estimate of drug-likeness (QED) is 0.905. The van der Waals surface area contributed by atoms with Crippen LogP contribution in [0.2, 0.25) is 0 Å². The van der Waals surface area contributed by atoms with Gasteiger partial charge in [-0.2, -0.15) is 0 Å². The molecule has 1 N–H and O–H groups in total. The zero-order chi connectivity index (χ0) is 13.0. The fraction of sp³-hybridized carbons (Fsp3) is 0.571. The van der Waals surface area contributed by atoms with E-state index in [-0.39, 0.29) is 0 Å². The Kier molecular flexibility index (Phi) is 4.78. The van der Waals surface area contributed by atoms with Gasteiger partial charge in [0.15, 0.2) is 0 Å². The molecule has 0 aromatic heterocycles. The molecular weight excluding hydrogens is 244 g/mol. The highest BCUT2D eigenvalue weighted by Gasteiger charge is 2.18. The lowest BCUT2D eigenvalue weighted by Gasteiger charge is -2.25. The van der Waals surface area contributed by atoms with Gasteiger partial charge in [0, 0.05) is 40.6 Å². The molecule has 0 bridgehead atoms. The fourth-order valence-electron chi connectivity index (χ4n) is 2.30. The van der Waals surface area contributed by atoms with Crippen molar-refractivity contribution < 1.29 is 4.21 Å². The van der Waals surface area contributed by atoms with E-state index in [0.29, 0.717) is 6.04 Å². The van der Waals surface area contributed by atoms with Crippen LogP contribution in [0.4, 0.5) is 5.69 Å². The van der Waals surface area contributed by atoms with Crippen molar-refractivity contribution in [3.63, 3.8) is 0 Å². The number of rotatable bonds is 4. The molecule has 3 nitrogen and oxygen atoms in total. The summed E-state index contributed by atoms with van der Waals surface area (Å²) in [5.41, 5.74) is 2.55. The van der Waals surface area contributed by atoms with Gasteiger partial charge in [-0.25, -0.2) is 0 Å². The first kappa shape index (κ1) is 13.6. The molecule has 1 aromatic rings. The highest BCUT2D eigenvalue weighted by Crippen LogP contribution is 2.21. The molecule has 0 spiro atoms. The molecule has 1 heterocycles. The van der Waals surface area contributed by atoms with E-state index in [1.54, 1.807) is 0 Å². The Labute approximate surface area is 112 Å². The van der Waals surface area contributed by atoms with Crippen molar-refractivity contribution in [1.82, 2.24) is 4.90 Å². The van der Waals surface area contributed by atoms with Crippen LogP contribution in [0.3, 0.4) is 0 Å². The van der Waals surface area contributed by atoms with Gasteiger partial charge in [0.2, 0.25) is 0 Å². The van der Waals surface area contributed by atoms with E-state index in [4.69, 9.17) is 0 Å². The lowest BCUT2D eigenvalue weighted by atomic mass is 10.1. The number of para-hydroxylation sites is 1. The average Bonchev–Trinajstić information content (AvgIpc) is 2.34. The SMILES string of the molecule is CN(C)Cc1ccccc1NC1CCS(=O)CC1. The van der Waals surface area contributed by atoms with Crippen LogP contribution in [0.25, 0.3) is 0 Å². The average molecular weight is 266 g/mol. The second-order valence-electron chi connectivity index (χ2n) is 5.16. The Morgan fingerprint density at radius 1 is 1.28 bits per heavy atom. The summed E-state index contributed by atoms with van der Waals surface area (Å²) in [6.45, 7) is 0.946. The first-order valence-electron chi connectivity index (χ1n) is 6.49. The molecule has 0 saturated carbocycles. The summed E-state index contributed by atoms with van der Waals surface area (Å²) in [6.07, 6.45) is 2.03. The number of nitrogens with zero attached hydrogens (tertiary/aromatic N) is 1. The van der Waals surface area contributed by atoms with Crippen molar-refractivity contribution in [3.8, 4) is 0 Å². The third-order valence-electron chi connectivity index (χ3n) is 3.25. The summed E-state index contributed by atoms with van der Waals surface area (Å²) >= 11 is 0. The molecule has 100 valence electrons. The van der Waals surface area contributed by atoms with Crippen molar-refractivity contribution in [1.29, 1.82) is 0 Å². The van der Waals surface area contributed by atoms with Crippen molar-refractivity contribution in [2.75, 3.05) is 30.9 Å². The molecule has 0 aliphatic carbocycles. The number of hydrogen-bond donors (Lipinski definition) is 1. The standard InChI is InChI=1S/C14H22N2OS/c1-16(2)11-12-5-3-4-6-14(12)15-13-7-9-18(17)10-8-13/h3-6,13,15H,7-11H2,1-2H3. The first-order chi connectivity index (χ1) is 8.65. The van der Waals surface area contributed by atoms with E-state index >= 15 is 0 Å². The Morgan fingerprint density at radius 3 is 2.61 bits per heavy atom. The van der Waals surface area contributed by atoms with Gasteiger partial charge in [-0.05, 0) is 38.6 Å². The fourth-order valence-corrected chi connectivity index (χ4v) is 3.60. The zero-order valence-corrected chi connectivity index (χ0v) is 12.0. The number of anilines is 1. The van der Waals surface area contributed by atoms with Gasteiger partial charge in [0.25, 0.3) is 0 Å². The Morgan fingerprint density at radius 2 is 1.94 bits per heavy atom. The van der Waals surface area contributed by atoms with Gasteiger partial charge in [-0.3, -0.25) is 4.21 Å². The summed E-state index contributed by atoms with van der Waals surface area (Å²) in [7, 11) is 3.59.